The van der Waals surface area contributed by atoms with Gasteiger partial charge in [0, 0.05) is 37.1 Å². The van der Waals surface area contributed by atoms with Gasteiger partial charge in [0.05, 0.1) is 33.7 Å². The van der Waals surface area contributed by atoms with Crippen molar-refractivity contribution >= 4 is 55.6 Å². The van der Waals surface area contributed by atoms with Crippen LogP contribution in [-0.2, 0) is 16.0 Å². The number of fused-ring (bicyclic) bond motifs is 2. The maximum Gasteiger partial charge on any atom is 0.412 e. The van der Waals surface area contributed by atoms with Crippen molar-refractivity contribution in [2.45, 2.75) is 71.8 Å². The lowest BCUT2D eigenvalue weighted by Crippen LogP contribution is -2.57. The van der Waals surface area contributed by atoms with E-state index in [1.807, 2.05) is 6.07 Å². The van der Waals surface area contributed by atoms with Gasteiger partial charge in [-0.25, -0.2) is 23.4 Å². The van der Waals surface area contributed by atoms with E-state index < -0.39 is 40.9 Å². The van der Waals surface area contributed by atoms with Crippen molar-refractivity contribution in [3.05, 3.63) is 47.3 Å². The molecule has 4 aromatic rings. The molecule has 246 valence electrons. The van der Waals surface area contributed by atoms with E-state index in [1.54, 1.807) is 55.9 Å². The summed E-state index contributed by atoms with van der Waals surface area (Å²) in [6, 6.07) is 5.42. The second kappa shape index (κ2) is 11.5. The molecule has 11 nitrogen and oxygen atoms in total. The lowest BCUT2D eigenvalue weighted by Gasteiger charge is -2.42. The minimum Gasteiger partial charge on any atom is -0.444 e. The number of nitrogens with one attached hydrogen (secondary N) is 1. The molecule has 0 aliphatic carbocycles. The summed E-state index contributed by atoms with van der Waals surface area (Å²) in [6.07, 6.45) is 0.765. The average molecular weight is 665 g/mol. The zero-order valence-electron chi connectivity index (χ0n) is 26.9. The predicted molar refractivity (Wildman–Crippen MR) is 172 cm³/mol. The molecule has 3 amide bonds. The molecule has 1 fully saturated rings. The van der Waals surface area contributed by atoms with Crippen LogP contribution in [0.3, 0.4) is 0 Å². The number of carbonyl (C=O) groups is 3. The number of aryl methyl sites for hydroxylation is 1. The van der Waals surface area contributed by atoms with Gasteiger partial charge in [0.25, 0.3) is 5.91 Å². The summed E-state index contributed by atoms with van der Waals surface area (Å²) < 4.78 is 44.2. The number of piperazine rings is 1. The summed E-state index contributed by atoms with van der Waals surface area (Å²) in [7, 11) is 0. The number of rotatable bonds is 2. The monoisotopic (exact) mass is 664 g/mol. The van der Waals surface area contributed by atoms with Crippen LogP contribution in [0.4, 0.5) is 23.4 Å². The standard InChI is InChI=1S/C33H34F2N6O5S/c1-32(2,3)45-30(43)38-28-20(14-36)23-18(7-8-21(34)27(23)47-28)24-22(35)13-19-26-25(24)37-16-40(26)10-9-17-15-39(11-12-41(17)29(19)42)31(44)46-33(4,5)6/h7-8,13,16-17H,9-12,15H2,1-6H3,(H,38,43). The van der Waals surface area contributed by atoms with E-state index in [1.165, 1.54) is 18.5 Å². The maximum absolute atomic E-state index is 16.4. The smallest absolute Gasteiger partial charge is 0.412 e. The van der Waals surface area contributed by atoms with E-state index in [0.29, 0.717) is 18.5 Å². The molecule has 2 aliphatic rings. The fourth-order valence-corrected chi connectivity index (χ4v) is 7.16. The van der Waals surface area contributed by atoms with Gasteiger partial charge in [-0.1, -0.05) is 6.07 Å². The normalized spacial score (nSPS) is 16.8. The van der Waals surface area contributed by atoms with Gasteiger partial charge in [-0.2, -0.15) is 5.26 Å². The number of anilines is 1. The molecule has 1 unspecified atom stereocenters. The lowest BCUT2D eigenvalue weighted by atomic mass is 9.94. The number of benzene rings is 2. The van der Waals surface area contributed by atoms with Crippen LogP contribution in [0.5, 0.6) is 0 Å². The Hall–Kier alpha value is -4.77. The second-order valence-electron chi connectivity index (χ2n) is 13.6. The first kappa shape index (κ1) is 32.2. The largest absolute Gasteiger partial charge is 0.444 e. The van der Waals surface area contributed by atoms with E-state index in [0.717, 1.165) is 17.4 Å². The van der Waals surface area contributed by atoms with Gasteiger partial charge in [-0.15, -0.1) is 11.3 Å². The van der Waals surface area contributed by atoms with Crippen LogP contribution in [0.2, 0.25) is 0 Å². The van der Waals surface area contributed by atoms with Gasteiger partial charge in [0.2, 0.25) is 0 Å². The number of nitriles is 1. The van der Waals surface area contributed by atoms with Gasteiger partial charge in [0.1, 0.15) is 39.4 Å². The van der Waals surface area contributed by atoms with E-state index in [2.05, 4.69) is 10.3 Å². The molecule has 14 heteroatoms. The van der Waals surface area contributed by atoms with Crippen LogP contribution in [0.15, 0.2) is 24.5 Å². The van der Waals surface area contributed by atoms with Crippen LogP contribution in [0.25, 0.3) is 32.2 Å². The highest BCUT2D eigenvalue weighted by atomic mass is 32.1. The van der Waals surface area contributed by atoms with Crippen molar-refractivity contribution in [2.75, 3.05) is 25.0 Å². The maximum atomic E-state index is 16.4. The topological polar surface area (TPSA) is 130 Å². The summed E-state index contributed by atoms with van der Waals surface area (Å²) in [5.41, 5.74) is -0.614. The van der Waals surface area contributed by atoms with Crippen molar-refractivity contribution in [1.29, 1.82) is 5.26 Å². The Morgan fingerprint density at radius 1 is 1.04 bits per heavy atom. The average Bonchev–Trinajstić information content (AvgIpc) is 3.55. The summed E-state index contributed by atoms with van der Waals surface area (Å²) >= 11 is 0.842. The van der Waals surface area contributed by atoms with Crippen LogP contribution < -0.4 is 5.32 Å². The Kier molecular flexibility index (Phi) is 7.86. The second-order valence-corrected chi connectivity index (χ2v) is 14.6. The van der Waals surface area contributed by atoms with Gasteiger partial charge >= 0.3 is 12.2 Å². The highest BCUT2D eigenvalue weighted by Crippen LogP contribution is 2.45. The molecule has 0 radical (unpaired) electrons. The summed E-state index contributed by atoms with van der Waals surface area (Å²) in [4.78, 5) is 47.2. The van der Waals surface area contributed by atoms with E-state index >= 15 is 8.78 Å². The summed E-state index contributed by atoms with van der Waals surface area (Å²) in [5, 5.41) is 12.9. The van der Waals surface area contributed by atoms with Gasteiger partial charge < -0.3 is 23.8 Å². The Morgan fingerprint density at radius 2 is 1.77 bits per heavy atom. The SMILES string of the molecule is CC(C)(C)OC(=O)Nc1sc2c(F)ccc(-c3c(F)cc4c5c3ncn5CCC3CN(C(=O)OC(C)(C)C)CCN3C4=O)c2c1C#N. The molecular weight excluding hydrogens is 630 g/mol. The number of carbonyl (C=O) groups excluding carboxylic acids is 3. The van der Waals surface area contributed by atoms with Gasteiger partial charge in [-0.3, -0.25) is 10.1 Å². The molecule has 1 saturated heterocycles. The number of halogens is 2. The van der Waals surface area contributed by atoms with Crippen LogP contribution >= 0.6 is 11.3 Å². The molecule has 47 heavy (non-hydrogen) atoms. The first-order chi connectivity index (χ1) is 22.1. The van der Waals surface area contributed by atoms with Crippen molar-refractivity contribution in [3.63, 3.8) is 0 Å². The zero-order chi connectivity index (χ0) is 34.0. The number of hydrogen-bond donors (Lipinski definition) is 1. The Morgan fingerprint density at radius 3 is 2.45 bits per heavy atom. The highest BCUT2D eigenvalue weighted by molar-refractivity contribution is 7.23. The van der Waals surface area contributed by atoms with Crippen LogP contribution in [-0.4, -0.2) is 74.3 Å². The molecule has 2 aromatic heterocycles. The number of imidazole rings is 1. The predicted octanol–water partition coefficient (Wildman–Crippen LogP) is 6.88. The van der Waals surface area contributed by atoms with E-state index in [9.17, 15) is 19.6 Å². The molecule has 4 heterocycles. The van der Waals surface area contributed by atoms with Gasteiger partial charge in [-0.05, 0) is 65.7 Å². The first-order valence-electron chi connectivity index (χ1n) is 15.2. The zero-order valence-corrected chi connectivity index (χ0v) is 27.7. The minimum absolute atomic E-state index is 0.00489. The third kappa shape index (κ3) is 5.95. The van der Waals surface area contributed by atoms with Crippen molar-refractivity contribution in [3.8, 4) is 17.2 Å². The quantitative estimate of drug-likeness (QED) is 0.247. The van der Waals surface area contributed by atoms with Gasteiger partial charge in [0.15, 0.2) is 0 Å². The molecule has 2 aromatic carbocycles. The number of ether oxygens (including phenoxy) is 2. The van der Waals surface area contributed by atoms with E-state index in [-0.39, 0.29) is 68.5 Å². The lowest BCUT2D eigenvalue weighted by molar-refractivity contribution is 0.00285. The van der Waals surface area contributed by atoms with E-state index in [4.69, 9.17) is 9.47 Å². The fraction of sp³-hybridized carbons (Fsp3) is 0.424. The summed E-state index contributed by atoms with van der Waals surface area (Å²) in [5.74, 6) is -1.82. The highest BCUT2D eigenvalue weighted by Gasteiger charge is 2.38. The van der Waals surface area contributed by atoms with Crippen LogP contribution in [0.1, 0.15) is 63.9 Å². The number of thiophene rings is 1. The van der Waals surface area contributed by atoms with Crippen molar-refractivity contribution in [2.24, 2.45) is 0 Å². The Bertz CT molecular complexity index is 2000. The Labute approximate surface area is 273 Å². The first-order valence-corrected chi connectivity index (χ1v) is 16.0. The molecular formula is C33H34F2N6O5S. The number of nitrogens with zero attached hydrogens (tertiary/aromatic N) is 5. The number of hydrogen-bond acceptors (Lipinski definition) is 8. The van der Waals surface area contributed by atoms with Crippen LogP contribution in [0, 0.1) is 23.0 Å². The minimum atomic E-state index is -0.822. The number of amides is 3. The molecule has 1 N–H and O–H groups in total. The van der Waals surface area contributed by atoms with Crippen molar-refractivity contribution in [1.82, 2.24) is 19.4 Å². The third-order valence-corrected chi connectivity index (χ3v) is 9.07. The summed E-state index contributed by atoms with van der Waals surface area (Å²) in [6.45, 7) is 11.6. The fourth-order valence-electron chi connectivity index (χ4n) is 6.09. The molecule has 6 rings (SSSR count). The molecule has 0 bridgehead atoms. The molecule has 0 spiro atoms. The molecule has 1 atom stereocenters. The molecule has 0 saturated carbocycles. The third-order valence-electron chi connectivity index (χ3n) is 7.95. The number of aromatic nitrogens is 2. The Balaban J connectivity index is 1.42. The molecule has 2 aliphatic heterocycles. The van der Waals surface area contributed by atoms with Crippen molar-refractivity contribution < 1.29 is 32.6 Å².